The highest BCUT2D eigenvalue weighted by Crippen LogP contribution is 2.28. The first kappa shape index (κ1) is 14.6. The highest BCUT2D eigenvalue weighted by atomic mass is 16.5. The van der Waals surface area contributed by atoms with E-state index in [4.69, 9.17) is 15.0 Å². The van der Waals surface area contributed by atoms with Crippen molar-refractivity contribution in [2.24, 2.45) is 5.73 Å². The van der Waals surface area contributed by atoms with Crippen LogP contribution in [0.1, 0.15) is 33.0 Å². The highest BCUT2D eigenvalue weighted by Gasteiger charge is 2.31. The van der Waals surface area contributed by atoms with Gasteiger partial charge in [-0.05, 0) is 20.3 Å². The molecule has 2 aromatic heterocycles. The maximum Gasteiger partial charge on any atom is 0.280 e. The molecule has 0 radical (unpaired) electrons. The lowest BCUT2D eigenvalue weighted by Gasteiger charge is -2.23. The van der Waals surface area contributed by atoms with Gasteiger partial charge in [-0.25, -0.2) is 0 Å². The summed E-state index contributed by atoms with van der Waals surface area (Å²) in [7, 11) is 0. The molecule has 2 heterocycles. The van der Waals surface area contributed by atoms with Crippen molar-refractivity contribution in [2.75, 3.05) is 13.2 Å². The number of ether oxygens (including phenoxy) is 1. The van der Waals surface area contributed by atoms with E-state index in [-0.39, 0.29) is 0 Å². The SMILES string of the molecule is CCOC(C)(CC)c1noc(-c2cn(CCN)nn2)n1. The van der Waals surface area contributed by atoms with Gasteiger partial charge in [0.1, 0.15) is 5.60 Å². The Morgan fingerprint density at radius 3 is 2.90 bits per heavy atom. The zero-order valence-corrected chi connectivity index (χ0v) is 12.0. The van der Waals surface area contributed by atoms with Crippen molar-refractivity contribution in [3.63, 3.8) is 0 Å². The van der Waals surface area contributed by atoms with Crippen LogP contribution >= 0.6 is 0 Å². The fourth-order valence-electron chi connectivity index (χ4n) is 1.82. The van der Waals surface area contributed by atoms with Gasteiger partial charge in [-0.15, -0.1) is 5.10 Å². The summed E-state index contributed by atoms with van der Waals surface area (Å²) in [6, 6.07) is 0. The van der Waals surface area contributed by atoms with Crippen LogP contribution in [0, 0.1) is 0 Å². The second-order valence-electron chi connectivity index (χ2n) is 4.60. The molecule has 8 nitrogen and oxygen atoms in total. The molecule has 0 saturated heterocycles. The zero-order valence-electron chi connectivity index (χ0n) is 12.0. The summed E-state index contributed by atoms with van der Waals surface area (Å²) in [4.78, 5) is 4.37. The molecular weight excluding hydrogens is 260 g/mol. The van der Waals surface area contributed by atoms with Crippen LogP contribution in [0.3, 0.4) is 0 Å². The Balaban J connectivity index is 2.23. The van der Waals surface area contributed by atoms with Gasteiger partial charge in [0.25, 0.3) is 5.89 Å². The summed E-state index contributed by atoms with van der Waals surface area (Å²) in [5, 5.41) is 11.9. The number of nitrogens with zero attached hydrogens (tertiary/aromatic N) is 5. The van der Waals surface area contributed by atoms with Crippen molar-refractivity contribution in [1.29, 1.82) is 0 Å². The molecule has 0 aliphatic carbocycles. The molecule has 1 atom stereocenters. The van der Waals surface area contributed by atoms with Crippen molar-refractivity contribution in [2.45, 2.75) is 39.3 Å². The Hall–Kier alpha value is -1.80. The standard InChI is InChI=1S/C12H20N6O2/c1-4-12(3,19-5-2)11-14-10(20-16-11)9-8-18(7-6-13)17-15-9/h8H,4-7,13H2,1-3H3. The molecule has 8 heteroatoms. The predicted molar refractivity (Wildman–Crippen MR) is 71.6 cm³/mol. The molecule has 0 aromatic carbocycles. The summed E-state index contributed by atoms with van der Waals surface area (Å²) < 4.78 is 12.6. The van der Waals surface area contributed by atoms with Crippen LogP contribution in [0.2, 0.25) is 0 Å². The Bertz CT molecular complexity index is 552. The van der Waals surface area contributed by atoms with E-state index in [1.807, 2.05) is 20.8 Å². The minimum Gasteiger partial charge on any atom is -0.367 e. The zero-order chi connectivity index (χ0) is 14.6. The second-order valence-corrected chi connectivity index (χ2v) is 4.60. The summed E-state index contributed by atoms with van der Waals surface area (Å²) in [5.41, 5.74) is 5.45. The van der Waals surface area contributed by atoms with Crippen LogP contribution in [0.4, 0.5) is 0 Å². The lowest BCUT2D eigenvalue weighted by molar-refractivity contribution is -0.0403. The third-order valence-corrected chi connectivity index (χ3v) is 3.15. The second kappa shape index (κ2) is 6.10. The molecular formula is C12H20N6O2. The molecule has 1 unspecified atom stereocenters. The third kappa shape index (κ3) is 2.86. The van der Waals surface area contributed by atoms with Crippen LogP contribution in [-0.2, 0) is 16.9 Å². The predicted octanol–water partition coefficient (Wildman–Crippen LogP) is 0.948. The van der Waals surface area contributed by atoms with E-state index >= 15 is 0 Å². The fourth-order valence-corrected chi connectivity index (χ4v) is 1.82. The van der Waals surface area contributed by atoms with Crippen LogP contribution in [0.25, 0.3) is 11.6 Å². The van der Waals surface area contributed by atoms with Gasteiger partial charge in [-0.1, -0.05) is 17.3 Å². The van der Waals surface area contributed by atoms with Gasteiger partial charge in [-0.2, -0.15) is 4.98 Å². The molecule has 2 N–H and O–H groups in total. The molecule has 0 amide bonds. The van der Waals surface area contributed by atoms with E-state index in [0.717, 1.165) is 6.42 Å². The minimum atomic E-state index is -0.552. The minimum absolute atomic E-state index is 0.336. The normalized spacial score (nSPS) is 14.4. The molecule has 2 rings (SSSR count). The van der Waals surface area contributed by atoms with Gasteiger partial charge in [0.2, 0.25) is 5.82 Å². The number of aromatic nitrogens is 5. The van der Waals surface area contributed by atoms with Gasteiger partial charge in [-0.3, -0.25) is 4.68 Å². The van der Waals surface area contributed by atoms with Crippen molar-refractivity contribution >= 4 is 0 Å². The average molecular weight is 280 g/mol. The van der Waals surface area contributed by atoms with E-state index < -0.39 is 5.60 Å². The maximum absolute atomic E-state index is 5.71. The number of nitrogens with two attached hydrogens (primary N) is 1. The van der Waals surface area contributed by atoms with E-state index in [0.29, 0.717) is 37.1 Å². The van der Waals surface area contributed by atoms with E-state index in [2.05, 4.69) is 20.5 Å². The van der Waals surface area contributed by atoms with Crippen LogP contribution in [0.15, 0.2) is 10.7 Å². The number of hydrogen-bond acceptors (Lipinski definition) is 7. The van der Waals surface area contributed by atoms with Crippen molar-refractivity contribution in [3.05, 3.63) is 12.0 Å². The highest BCUT2D eigenvalue weighted by molar-refractivity contribution is 5.43. The summed E-state index contributed by atoms with van der Waals surface area (Å²) in [6.45, 7) is 7.57. The Morgan fingerprint density at radius 1 is 1.45 bits per heavy atom. The lowest BCUT2D eigenvalue weighted by atomic mass is 10.0. The number of hydrogen-bond donors (Lipinski definition) is 1. The van der Waals surface area contributed by atoms with Gasteiger partial charge in [0.05, 0.1) is 12.7 Å². The van der Waals surface area contributed by atoms with Crippen LogP contribution < -0.4 is 5.73 Å². The average Bonchev–Trinajstić information content (AvgIpc) is 3.07. The van der Waals surface area contributed by atoms with Crippen molar-refractivity contribution in [1.82, 2.24) is 25.1 Å². The van der Waals surface area contributed by atoms with Gasteiger partial charge >= 0.3 is 0 Å². The summed E-state index contributed by atoms with van der Waals surface area (Å²) >= 11 is 0. The van der Waals surface area contributed by atoms with Gasteiger partial charge in [0.15, 0.2) is 5.69 Å². The molecule has 0 aliphatic rings. The topological polar surface area (TPSA) is 105 Å². The molecule has 0 fully saturated rings. The summed E-state index contributed by atoms with van der Waals surface area (Å²) in [5.74, 6) is 0.855. The smallest absolute Gasteiger partial charge is 0.280 e. The van der Waals surface area contributed by atoms with Crippen molar-refractivity contribution < 1.29 is 9.26 Å². The maximum atomic E-state index is 5.71. The third-order valence-electron chi connectivity index (χ3n) is 3.15. The Labute approximate surface area is 117 Å². The van der Waals surface area contributed by atoms with E-state index in [1.54, 1.807) is 10.9 Å². The first-order valence-corrected chi connectivity index (χ1v) is 6.71. The molecule has 0 aliphatic heterocycles. The molecule has 2 aromatic rings. The molecule has 20 heavy (non-hydrogen) atoms. The lowest BCUT2D eigenvalue weighted by Crippen LogP contribution is -2.26. The Kier molecular flexibility index (Phi) is 4.46. The van der Waals surface area contributed by atoms with E-state index in [9.17, 15) is 0 Å². The summed E-state index contributed by atoms with van der Waals surface area (Å²) in [6.07, 6.45) is 2.48. The molecule has 0 saturated carbocycles. The van der Waals surface area contributed by atoms with Crippen LogP contribution in [-0.4, -0.2) is 38.3 Å². The largest absolute Gasteiger partial charge is 0.367 e. The van der Waals surface area contributed by atoms with Crippen molar-refractivity contribution in [3.8, 4) is 11.6 Å². The Morgan fingerprint density at radius 2 is 2.25 bits per heavy atom. The molecule has 110 valence electrons. The quantitative estimate of drug-likeness (QED) is 0.804. The first-order valence-electron chi connectivity index (χ1n) is 6.71. The monoisotopic (exact) mass is 280 g/mol. The molecule has 0 bridgehead atoms. The van der Waals surface area contributed by atoms with E-state index in [1.165, 1.54) is 0 Å². The van der Waals surface area contributed by atoms with Gasteiger partial charge < -0.3 is 15.0 Å². The fraction of sp³-hybridized carbons (Fsp3) is 0.667. The molecule has 0 spiro atoms. The first-order chi connectivity index (χ1) is 9.62. The van der Waals surface area contributed by atoms with Crippen LogP contribution in [0.5, 0.6) is 0 Å². The number of rotatable bonds is 7. The van der Waals surface area contributed by atoms with Gasteiger partial charge in [0, 0.05) is 13.2 Å².